The molecule has 1 saturated heterocycles. The minimum atomic E-state index is -0.0299. The van der Waals surface area contributed by atoms with E-state index >= 15 is 0 Å². The maximum atomic E-state index is 5.88. The van der Waals surface area contributed by atoms with Crippen LogP contribution in [0.2, 0.25) is 5.02 Å². The SMILES string of the molecule is Clc1cccc(COC2CCCCO2)c1. The molecule has 1 aliphatic rings. The van der Waals surface area contributed by atoms with Crippen molar-refractivity contribution < 1.29 is 9.47 Å². The van der Waals surface area contributed by atoms with Crippen molar-refractivity contribution in [3.05, 3.63) is 34.9 Å². The van der Waals surface area contributed by atoms with Crippen LogP contribution in [0, 0.1) is 0 Å². The number of hydrogen-bond acceptors (Lipinski definition) is 2. The highest BCUT2D eigenvalue weighted by atomic mass is 35.5. The molecule has 0 amide bonds. The van der Waals surface area contributed by atoms with Crippen LogP contribution in [0.3, 0.4) is 0 Å². The second kappa shape index (κ2) is 5.50. The van der Waals surface area contributed by atoms with E-state index in [0.717, 1.165) is 30.0 Å². The van der Waals surface area contributed by atoms with Crippen LogP contribution in [0.1, 0.15) is 24.8 Å². The van der Waals surface area contributed by atoms with Crippen molar-refractivity contribution in [2.24, 2.45) is 0 Å². The van der Waals surface area contributed by atoms with Crippen LogP contribution >= 0.6 is 11.6 Å². The quantitative estimate of drug-likeness (QED) is 0.787. The fraction of sp³-hybridized carbons (Fsp3) is 0.500. The molecule has 1 unspecified atom stereocenters. The Bertz CT molecular complexity index is 308. The minimum absolute atomic E-state index is 0.0299. The molecule has 82 valence electrons. The topological polar surface area (TPSA) is 18.5 Å². The van der Waals surface area contributed by atoms with Gasteiger partial charge in [0.15, 0.2) is 6.29 Å². The fourth-order valence-electron chi connectivity index (χ4n) is 1.66. The predicted octanol–water partition coefficient (Wildman–Crippen LogP) is 3.38. The molecule has 1 aromatic carbocycles. The largest absolute Gasteiger partial charge is 0.353 e. The highest BCUT2D eigenvalue weighted by molar-refractivity contribution is 6.30. The van der Waals surface area contributed by atoms with Gasteiger partial charge in [0.2, 0.25) is 0 Å². The molecule has 1 fully saturated rings. The molecule has 1 heterocycles. The molecule has 2 rings (SSSR count). The molecule has 0 radical (unpaired) electrons. The van der Waals surface area contributed by atoms with E-state index in [0.29, 0.717) is 6.61 Å². The Labute approximate surface area is 95.1 Å². The summed E-state index contributed by atoms with van der Waals surface area (Å²) in [7, 11) is 0. The van der Waals surface area contributed by atoms with Crippen molar-refractivity contribution in [3.63, 3.8) is 0 Å². The number of halogens is 1. The summed E-state index contributed by atoms with van der Waals surface area (Å²) in [4.78, 5) is 0. The second-order valence-electron chi connectivity index (χ2n) is 3.74. The number of hydrogen-bond donors (Lipinski definition) is 0. The van der Waals surface area contributed by atoms with Crippen LogP contribution in [0.15, 0.2) is 24.3 Å². The van der Waals surface area contributed by atoms with E-state index in [1.807, 2.05) is 24.3 Å². The van der Waals surface area contributed by atoms with E-state index in [1.165, 1.54) is 6.42 Å². The summed E-state index contributed by atoms with van der Waals surface area (Å²) in [6, 6.07) is 7.73. The minimum Gasteiger partial charge on any atom is -0.353 e. The van der Waals surface area contributed by atoms with Crippen LogP contribution in [0.5, 0.6) is 0 Å². The van der Waals surface area contributed by atoms with Gasteiger partial charge in [-0.05, 0) is 37.0 Å². The van der Waals surface area contributed by atoms with Gasteiger partial charge in [0.25, 0.3) is 0 Å². The lowest BCUT2D eigenvalue weighted by molar-refractivity contribution is -0.168. The Balaban J connectivity index is 1.81. The molecule has 2 nitrogen and oxygen atoms in total. The first-order valence-electron chi connectivity index (χ1n) is 5.32. The van der Waals surface area contributed by atoms with Crippen molar-refractivity contribution in [1.82, 2.24) is 0 Å². The Morgan fingerprint density at radius 2 is 2.33 bits per heavy atom. The van der Waals surface area contributed by atoms with E-state index in [1.54, 1.807) is 0 Å². The Morgan fingerprint density at radius 1 is 1.40 bits per heavy atom. The third-order valence-corrected chi connectivity index (χ3v) is 2.70. The standard InChI is InChI=1S/C12H15ClO2/c13-11-5-3-4-10(8-11)9-15-12-6-1-2-7-14-12/h3-5,8,12H,1-2,6-7,9H2. The first-order chi connectivity index (χ1) is 7.34. The molecule has 1 aliphatic heterocycles. The molecular formula is C12H15ClO2. The normalized spacial score (nSPS) is 21.5. The summed E-state index contributed by atoms with van der Waals surface area (Å²) in [5.41, 5.74) is 1.09. The van der Waals surface area contributed by atoms with Gasteiger partial charge in [0.05, 0.1) is 6.61 Å². The van der Waals surface area contributed by atoms with E-state index < -0.39 is 0 Å². The smallest absolute Gasteiger partial charge is 0.158 e. The van der Waals surface area contributed by atoms with Gasteiger partial charge in [0.1, 0.15) is 0 Å². The molecule has 0 N–H and O–H groups in total. The van der Waals surface area contributed by atoms with Crippen molar-refractivity contribution in [3.8, 4) is 0 Å². The fourth-order valence-corrected chi connectivity index (χ4v) is 1.87. The maximum absolute atomic E-state index is 5.88. The number of rotatable bonds is 3. The summed E-state index contributed by atoms with van der Waals surface area (Å²) >= 11 is 5.88. The molecule has 0 spiro atoms. The summed E-state index contributed by atoms with van der Waals surface area (Å²) in [5, 5.41) is 0.751. The van der Waals surface area contributed by atoms with Gasteiger partial charge in [-0.1, -0.05) is 23.7 Å². The lowest BCUT2D eigenvalue weighted by Gasteiger charge is -2.22. The van der Waals surface area contributed by atoms with E-state index in [4.69, 9.17) is 21.1 Å². The van der Waals surface area contributed by atoms with Crippen molar-refractivity contribution in [2.45, 2.75) is 32.2 Å². The third-order valence-electron chi connectivity index (χ3n) is 2.46. The summed E-state index contributed by atoms with van der Waals surface area (Å²) in [5.74, 6) is 0. The second-order valence-corrected chi connectivity index (χ2v) is 4.17. The van der Waals surface area contributed by atoms with Crippen LogP contribution in [-0.4, -0.2) is 12.9 Å². The Hall–Kier alpha value is -0.570. The highest BCUT2D eigenvalue weighted by Gasteiger charge is 2.13. The van der Waals surface area contributed by atoms with Gasteiger partial charge < -0.3 is 9.47 Å². The summed E-state index contributed by atoms with van der Waals surface area (Å²) in [6.07, 6.45) is 3.32. The zero-order chi connectivity index (χ0) is 10.5. The molecule has 0 saturated carbocycles. The van der Waals surface area contributed by atoms with Crippen molar-refractivity contribution in [1.29, 1.82) is 0 Å². The van der Waals surface area contributed by atoms with Gasteiger partial charge in [-0.2, -0.15) is 0 Å². The van der Waals surface area contributed by atoms with E-state index in [-0.39, 0.29) is 6.29 Å². The molecule has 1 atom stereocenters. The molecule has 3 heteroatoms. The third kappa shape index (κ3) is 3.49. The predicted molar refractivity (Wildman–Crippen MR) is 59.8 cm³/mol. The monoisotopic (exact) mass is 226 g/mol. The maximum Gasteiger partial charge on any atom is 0.158 e. The van der Waals surface area contributed by atoms with Gasteiger partial charge in [-0.25, -0.2) is 0 Å². The van der Waals surface area contributed by atoms with E-state index in [2.05, 4.69) is 0 Å². The first kappa shape index (κ1) is 10.9. The summed E-state index contributed by atoms with van der Waals surface area (Å²) in [6.45, 7) is 1.39. The average Bonchev–Trinajstić information content (AvgIpc) is 2.28. The molecule has 1 aromatic rings. The molecule has 15 heavy (non-hydrogen) atoms. The molecule has 0 aromatic heterocycles. The Kier molecular flexibility index (Phi) is 4.01. The number of ether oxygens (including phenoxy) is 2. The lowest BCUT2D eigenvalue weighted by Crippen LogP contribution is -2.21. The van der Waals surface area contributed by atoms with Crippen LogP contribution in [0.25, 0.3) is 0 Å². The van der Waals surface area contributed by atoms with Gasteiger partial charge in [-0.3, -0.25) is 0 Å². The lowest BCUT2D eigenvalue weighted by atomic mass is 10.2. The van der Waals surface area contributed by atoms with Crippen LogP contribution < -0.4 is 0 Å². The molecule has 0 bridgehead atoms. The first-order valence-corrected chi connectivity index (χ1v) is 5.70. The van der Waals surface area contributed by atoms with Gasteiger partial charge >= 0.3 is 0 Å². The van der Waals surface area contributed by atoms with Crippen LogP contribution in [0.4, 0.5) is 0 Å². The van der Waals surface area contributed by atoms with Gasteiger partial charge in [0, 0.05) is 11.6 Å². The van der Waals surface area contributed by atoms with Gasteiger partial charge in [-0.15, -0.1) is 0 Å². The zero-order valence-electron chi connectivity index (χ0n) is 8.62. The zero-order valence-corrected chi connectivity index (χ0v) is 9.37. The van der Waals surface area contributed by atoms with E-state index in [9.17, 15) is 0 Å². The average molecular weight is 227 g/mol. The molecule has 0 aliphatic carbocycles. The van der Waals surface area contributed by atoms with Crippen molar-refractivity contribution >= 4 is 11.6 Å². The number of benzene rings is 1. The molecular weight excluding hydrogens is 212 g/mol. The Morgan fingerprint density at radius 3 is 3.07 bits per heavy atom. The van der Waals surface area contributed by atoms with Crippen molar-refractivity contribution in [2.75, 3.05) is 6.61 Å². The summed E-state index contributed by atoms with van der Waals surface area (Å²) < 4.78 is 11.1. The van der Waals surface area contributed by atoms with Crippen LogP contribution in [-0.2, 0) is 16.1 Å². The highest BCUT2D eigenvalue weighted by Crippen LogP contribution is 2.17.